The van der Waals surface area contributed by atoms with E-state index < -0.39 is 34.1 Å². The van der Waals surface area contributed by atoms with Crippen LogP contribution in [0, 0.1) is 5.92 Å². The third-order valence-electron chi connectivity index (χ3n) is 5.79. The van der Waals surface area contributed by atoms with Gasteiger partial charge in [0.1, 0.15) is 6.04 Å². The molecule has 2 atom stereocenters. The number of carbonyl (C=O) groups excluding carboxylic acids is 2. The summed E-state index contributed by atoms with van der Waals surface area (Å²) in [5.74, 6) is -0.869. The van der Waals surface area contributed by atoms with Crippen LogP contribution in [0.1, 0.15) is 53.9 Å². The van der Waals surface area contributed by atoms with Gasteiger partial charge in [0, 0.05) is 18.7 Å². The van der Waals surface area contributed by atoms with Gasteiger partial charge in [-0.25, -0.2) is 13.1 Å². The minimum atomic E-state index is -3.84. The van der Waals surface area contributed by atoms with Crippen molar-refractivity contribution in [3.05, 3.63) is 30.3 Å². The average Bonchev–Trinajstić information content (AvgIpc) is 3.25. The Morgan fingerprint density at radius 1 is 1.22 bits per heavy atom. The average molecular weight is 468 g/mol. The van der Waals surface area contributed by atoms with Crippen molar-refractivity contribution in [3.63, 3.8) is 0 Å². The molecule has 0 unspecified atom stereocenters. The molecule has 1 saturated heterocycles. The molecule has 32 heavy (non-hydrogen) atoms. The topological polar surface area (TPSA) is 105 Å². The van der Waals surface area contributed by atoms with Crippen LogP contribution in [-0.4, -0.2) is 62.5 Å². The number of nitrogens with one attached hydrogen (secondary N) is 2. The standard InChI is InChI=1S/C23H37N3O5S/c1-6-23(4,5)25-22(28)21(17(2)3)26(16-18-11-10-14-31-18)20(27)15-24-32(29,30)19-12-8-7-9-13-19/h7-9,12-13,17-18,21,24H,6,10-11,14-16H2,1-5H3,(H,25,28)/t18-,21+/m1/s1. The number of amides is 2. The summed E-state index contributed by atoms with van der Waals surface area (Å²) < 4.78 is 33.3. The SMILES string of the molecule is CCC(C)(C)NC(=O)[C@H](C(C)C)N(C[C@H]1CCCO1)C(=O)CNS(=O)(=O)c1ccccc1. The number of carbonyl (C=O) groups is 2. The summed E-state index contributed by atoms with van der Waals surface area (Å²) in [6.07, 6.45) is 2.26. The Morgan fingerprint density at radius 2 is 1.88 bits per heavy atom. The van der Waals surface area contributed by atoms with E-state index in [-0.39, 0.29) is 29.4 Å². The van der Waals surface area contributed by atoms with Crippen LogP contribution in [0.25, 0.3) is 0 Å². The predicted octanol–water partition coefficient (Wildman–Crippen LogP) is 2.30. The first-order chi connectivity index (χ1) is 15.0. The van der Waals surface area contributed by atoms with Gasteiger partial charge in [-0.1, -0.05) is 39.0 Å². The van der Waals surface area contributed by atoms with E-state index in [0.717, 1.165) is 19.3 Å². The van der Waals surface area contributed by atoms with Gasteiger partial charge in [0.05, 0.1) is 17.5 Å². The second-order valence-electron chi connectivity index (χ2n) is 9.23. The van der Waals surface area contributed by atoms with Crippen LogP contribution < -0.4 is 10.0 Å². The van der Waals surface area contributed by atoms with Crippen LogP contribution >= 0.6 is 0 Å². The monoisotopic (exact) mass is 467 g/mol. The molecule has 0 bridgehead atoms. The Hall–Kier alpha value is -1.97. The van der Waals surface area contributed by atoms with Crippen LogP contribution in [0.3, 0.4) is 0 Å². The normalized spacial score (nSPS) is 17.9. The van der Waals surface area contributed by atoms with E-state index in [2.05, 4.69) is 10.0 Å². The Labute approximate surface area is 192 Å². The molecule has 1 fully saturated rings. The predicted molar refractivity (Wildman–Crippen MR) is 123 cm³/mol. The molecule has 1 heterocycles. The van der Waals surface area contributed by atoms with Crippen molar-refractivity contribution in [2.75, 3.05) is 19.7 Å². The lowest BCUT2D eigenvalue weighted by Crippen LogP contribution is -2.59. The summed E-state index contributed by atoms with van der Waals surface area (Å²) in [5, 5.41) is 3.03. The Balaban J connectivity index is 2.23. The van der Waals surface area contributed by atoms with Gasteiger partial charge in [-0.15, -0.1) is 0 Å². The maximum atomic E-state index is 13.3. The molecule has 1 aromatic carbocycles. The molecule has 2 amide bonds. The molecule has 1 aromatic rings. The number of hydrogen-bond donors (Lipinski definition) is 2. The van der Waals surface area contributed by atoms with Gasteiger partial charge in [-0.2, -0.15) is 0 Å². The fourth-order valence-electron chi connectivity index (χ4n) is 3.62. The molecular formula is C23H37N3O5S. The second kappa shape index (κ2) is 11.2. The number of hydrogen-bond acceptors (Lipinski definition) is 5. The summed E-state index contributed by atoms with van der Waals surface area (Å²) in [7, 11) is -3.84. The van der Waals surface area contributed by atoms with Gasteiger partial charge >= 0.3 is 0 Å². The van der Waals surface area contributed by atoms with Crippen LogP contribution in [0.15, 0.2) is 35.2 Å². The molecule has 2 N–H and O–H groups in total. The first-order valence-corrected chi connectivity index (χ1v) is 12.7. The lowest BCUT2D eigenvalue weighted by Gasteiger charge is -2.37. The summed E-state index contributed by atoms with van der Waals surface area (Å²) in [6, 6.07) is 7.15. The zero-order chi connectivity index (χ0) is 23.9. The van der Waals surface area contributed by atoms with Crippen molar-refractivity contribution < 1.29 is 22.7 Å². The number of sulfonamides is 1. The lowest BCUT2D eigenvalue weighted by atomic mass is 9.96. The van der Waals surface area contributed by atoms with Crippen molar-refractivity contribution in [1.29, 1.82) is 0 Å². The van der Waals surface area contributed by atoms with Gasteiger partial charge in [-0.05, 0) is 51.2 Å². The van der Waals surface area contributed by atoms with E-state index in [9.17, 15) is 18.0 Å². The quantitative estimate of drug-likeness (QED) is 0.520. The fraction of sp³-hybridized carbons (Fsp3) is 0.652. The third-order valence-corrected chi connectivity index (χ3v) is 7.21. The van der Waals surface area contributed by atoms with Crippen molar-refractivity contribution in [3.8, 4) is 0 Å². The highest BCUT2D eigenvalue weighted by Gasteiger charge is 2.36. The van der Waals surface area contributed by atoms with Crippen LogP contribution in [-0.2, 0) is 24.3 Å². The van der Waals surface area contributed by atoms with Crippen molar-refractivity contribution in [2.45, 2.75) is 76.5 Å². The summed E-state index contributed by atoms with van der Waals surface area (Å²) in [4.78, 5) is 28.0. The van der Waals surface area contributed by atoms with Gasteiger partial charge in [-0.3, -0.25) is 9.59 Å². The number of nitrogens with zero attached hydrogens (tertiary/aromatic N) is 1. The van der Waals surface area contributed by atoms with E-state index >= 15 is 0 Å². The first-order valence-electron chi connectivity index (χ1n) is 11.2. The summed E-state index contributed by atoms with van der Waals surface area (Å²) in [6.45, 7) is 10.0. The van der Waals surface area contributed by atoms with Gasteiger partial charge in [0.25, 0.3) is 0 Å². The first kappa shape index (κ1) is 26.3. The molecule has 1 aliphatic rings. The van der Waals surface area contributed by atoms with Crippen molar-refractivity contribution >= 4 is 21.8 Å². The molecule has 180 valence electrons. The van der Waals surface area contributed by atoms with Gasteiger partial charge < -0.3 is 15.0 Å². The second-order valence-corrected chi connectivity index (χ2v) is 11.0. The molecule has 2 rings (SSSR count). The number of benzene rings is 1. The van der Waals surface area contributed by atoms with E-state index in [1.807, 2.05) is 34.6 Å². The van der Waals surface area contributed by atoms with Crippen molar-refractivity contribution in [1.82, 2.24) is 14.9 Å². The van der Waals surface area contributed by atoms with Gasteiger partial charge in [0.15, 0.2) is 0 Å². The third kappa shape index (κ3) is 7.28. The zero-order valence-corrected chi connectivity index (χ0v) is 20.6. The zero-order valence-electron chi connectivity index (χ0n) is 19.8. The Kier molecular flexibility index (Phi) is 9.24. The summed E-state index contributed by atoms with van der Waals surface area (Å²) >= 11 is 0. The van der Waals surface area contributed by atoms with E-state index in [1.54, 1.807) is 18.2 Å². The molecule has 0 aliphatic carbocycles. The van der Waals surface area contributed by atoms with E-state index in [0.29, 0.717) is 6.61 Å². The smallest absolute Gasteiger partial charge is 0.243 e. The molecule has 0 saturated carbocycles. The lowest BCUT2D eigenvalue weighted by molar-refractivity contribution is -0.144. The van der Waals surface area contributed by atoms with Crippen molar-refractivity contribution in [2.24, 2.45) is 5.92 Å². The maximum Gasteiger partial charge on any atom is 0.243 e. The molecule has 9 heteroatoms. The van der Waals surface area contributed by atoms with Gasteiger partial charge in [0.2, 0.25) is 21.8 Å². The molecule has 0 aromatic heterocycles. The minimum Gasteiger partial charge on any atom is -0.376 e. The van der Waals surface area contributed by atoms with Crippen LogP contribution in [0.2, 0.25) is 0 Å². The highest BCUT2D eigenvalue weighted by atomic mass is 32.2. The Bertz CT molecular complexity index is 865. The highest BCUT2D eigenvalue weighted by Crippen LogP contribution is 2.20. The molecular weight excluding hydrogens is 430 g/mol. The van der Waals surface area contributed by atoms with E-state index in [4.69, 9.17) is 4.74 Å². The molecule has 0 spiro atoms. The maximum absolute atomic E-state index is 13.3. The van der Waals surface area contributed by atoms with Crippen LogP contribution in [0.4, 0.5) is 0 Å². The Morgan fingerprint density at radius 3 is 2.41 bits per heavy atom. The molecule has 1 aliphatic heterocycles. The van der Waals surface area contributed by atoms with E-state index in [1.165, 1.54) is 17.0 Å². The number of rotatable bonds is 11. The summed E-state index contributed by atoms with van der Waals surface area (Å²) in [5.41, 5.74) is -0.419. The fourth-order valence-corrected chi connectivity index (χ4v) is 4.62. The van der Waals surface area contributed by atoms with Crippen LogP contribution in [0.5, 0.6) is 0 Å². The number of ether oxygens (including phenoxy) is 1. The minimum absolute atomic E-state index is 0.0846. The largest absolute Gasteiger partial charge is 0.376 e. The molecule has 8 nitrogen and oxygen atoms in total. The molecule has 0 radical (unpaired) electrons. The highest BCUT2D eigenvalue weighted by molar-refractivity contribution is 7.89.